The number of aryl methyl sites for hydroxylation is 1. The van der Waals surface area contributed by atoms with Crippen molar-refractivity contribution in [2.75, 3.05) is 0 Å². The molecule has 19 heavy (non-hydrogen) atoms. The van der Waals surface area contributed by atoms with Gasteiger partial charge >= 0.3 is 0 Å². The Morgan fingerprint density at radius 1 is 1.16 bits per heavy atom. The van der Waals surface area contributed by atoms with Gasteiger partial charge in [-0.05, 0) is 49.5 Å². The number of Topliss-reactive ketones (excluding diaryl/α,β-unsaturated/α-hetero) is 1. The highest BCUT2D eigenvalue weighted by atomic mass is 16.1. The minimum Gasteiger partial charge on any atom is -0.299 e. The smallest absolute Gasteiger partial charge is 0.136 e. The number of fused-ring (bicyclic) bond motifs is 2. The number of hydrogen-bond donors (Lipinski definition) is 0. The fourth-order valence-electron chi connectivity index (χ4n) is 4.37. The van der Waals surface area contributed by atoms with Crippen LogP contribution in [0.1, 0.15) is 56.1 Å². The fraction of sp³-hybridized carbons (Fsp3) is 0.611. The summed E-state index contributed by atoms with van der Waals surface area (Å²) in [4.78, 5) is 12.4. The van der Waals surface area contributed by atoms with E-state index in [-0.39, 0.29) is 0 Å². The highest BCUT2D eigenvalue weighted by molar-refractivity contribution is 5.82. The summed E-state index contributed by atoms with van der Waals surface area (Å²) in [5.74, 6) is 2.82. The minimum absolute atomic E-state index is 0.298. The summed E-state index contributed by atoms with van der Waals surface area (Å²) in [7, 11) is 0. The Bertz CT molecular complexity index is 459. The van der Waals surface area contributed by atoms with Crippen LogP contribution < -0.4 is 0 Å². The van der Waals surface area contributed by atoms with Gasteiger partial charge in [-0.15, -0.1) is 0 Å². The van der Waals surface area contributed by atoms with E-state index in [4.69, 9.17) is 0 Å². The lowest BCUT2D eigenvalue weighted by atomic mass is 9.67. The predicted molar refractivity (Wildman–Crippen MR) is 78.2 cm³/mol. The van der Waals surface area contributed by atoms with Crippen molar-refractivity contribution in [3.8, 4) is 0 Å². The Kier molecular flexibility index (Phi) is 3.47. The Morgan fingerprint density at radius 2 is 1.89 bits per heavy atom. The van der Waals surface area contributed by atoms with Crippen molar-refractivity contribution in [2.45, 2.75) is 51.9 Å². The van der Waals surface area contributed by atoms with Gasteiger partial charge < -0.3 is 0 Å². The van der Waals surface area contributed by atoms with E-state index in [1.165, 1.54) is 36.8 Å². The van der Waals surface area contributed by atoms with E-state index in [0.717, 1.165) is 5.92 Å². The summed E-state index contributed by atoms with van der Waals surface area (Å²) in [5, 5.41) is 0. The van der Waals surface area contributed by atoms with Crippen molar-refractivity contribution < 1.29 is 4.79 Å². The molecular weight excluding hydrogens is 232 g/mol. The van der Waals surface area contributed by atoms with Crippen LogP contribution in [-0.4, -0.2) is 5.78 Å². The Hall–Kier alpha value is -1.11. The number of carbonyl (C=O) groups is 1. The molecular formula is C18H24O. The van der Waals surface area contributed by atoms with Crippen LogP contribution in [0, 0.1) is 24.7 Å². The number of ketones is 1. The molecule has 0 radical (unpaired) electrons. The summed E-state index contributed by atoms with van der Waals surface area (Å²) in [6.45, 7) is 4.15. The Balaban J connectivity index is 1.92. The van der Waals surface area contributed by atoms with Crippen molar-refractivity contribution in [3.05, 3.63) is 35.4 Å². The van der Waals surface area contributed by atoms with Gasteiger partial charge in [-0.1, -0.05) is 43.2 Å². The summed E-state index contributed by atoms with van der Waals surface area (Å²) >= 11 is 0. The lowest BCUT2D eigenvalue weighted by molar-refractivity contribution is -0.125. The van der Waals surface area contributed by atoms with E-state index in [0.29, 0.717) is 30.0 Å². The van der Waals surface area contributed by atoms with E-state index in [2.05, 4.69) is 31.2 Å². The first-order valence-electron chi connectivity index (χ1n) is 7.78. The maximum atomic E-state index is 12.4. The molecule has 2 saturated carbocycles. The van der Waals surface area contributed by atoms with Crippen LogP contribution in [0.2, 0.25) is 0 Å². The van der Waals surface area contributed by atoms with Gasteiger partial charge in [0.05, 0.1) is 0 Å². The largest absolute Gasteiger partial charge is 0.299 e. The van der Waals surface area contributed by atoms with E-state index < -0.39 is 0 Å². The Labute approximate surface area is 116 Å². The molecule has 1 aromatic carbocycles. The van der Waals surface area contributed by atoms with Crippen LogP contribution in [0.3, 0.4) is 0 Å². The third-order valence-corrected chi connectivity index (χ3v) is 5.34. The van der Waals surface area contributed by atoms with Gasteiger partial charge in [-0.2, -0.15) is 0 Å². The first kappa shape index (κ1) is 12.9. The van der Waals surface area contributed by atoms with Gasteiger partial charge in [0.15, 0.2) is 0 Å². The lowest BCUT2D eigenvalue weighted by Gasteiger charge is -2.36. The third-order valence-electron chi connectivity index (χ3n) is 5.34. The fourth-order valence-corrected chi connectivity index (χ4v) is 4.37. The minimum atomic E-state index is 0.298. The molecule has 2 aliphatic carbocycles. The van der Waals surface area contributed by atoms with Crippen molar-refractivity contribution in [1.82, 2.24) is 0 Å². The quantitative estimate of drug-likeness (QED) is 0.778. The molecule has 2 fully saturated rings. The monoisotopic (exact) mass is 256 g/mol. The van der Waals surface area contributed by atoms with Crippen molar-refractivity contribution in [2.24, 2.45) is 17.8 Å². The second-order valence-electron chi connectivity index (χ2n) is 6.54. The molecule has 0 spiro atoms. The van der Waals surface area contributed by atoms with Gasteiger partial charge in [0.2, 0.25) is 0 Å². The number of rotatable bonds is 3. The summed E-state index contributed by atoms with van der Waals surface area (Å²) in [6, 6.07) is 8.89. The first-order chi connectivity index (χ1) is 9.19. The van der Waals surface area contributed by atoms with Crippen molar-refractivity contribution >= 4 is 5.78 Å². The molecule has 1 aromatic rings. The standard InChI is InChI=1S/C18H24O/c1-3-17(19)18-15-9-6-13(10-15)11-16(18)14-7-4-12(2)5-8-14/h4-5,7-8,13,15-16,18H,3,6,9-11H2,1-2H3/t13-,15+,16-,18-/m1/s1. The first-order valence-corrected chi connectivity index (χ1v) is 7.78. The lowest BCUT2D eigenvalue weighted by Crippen LogP contribution is -2.32. The van der Waals surface area contributed by atoms with E-state index in [1.54, 1.807) is 0 Å². The molecule has 1 heteroatoms. The normalized spacial score (nSPS) is 33.4. The van der Waals surface area contributed by atoms with Crippen LogP contribution in [0.4, 0.5) is 0 Å². The molecule has 4 atom stereocenters. The molecule has 2 bridgehead atoms. The molecule has 0 aromatic heterocycles. The number of hydrogen-bond acceptors (Lipinski definition) is 1. The molecule has 0 unspecified atom stereocenters. The molecule has 2 aliphatic rings. The summed E-state index contributed by atoms with van der Waals surface area (Å²) < 4.78 is 0. The van der Waals surface area contributed by atoms with Crippen LogP contribution in [0.15, 0.2) is 24.3 Å². The molecule has 1 nitrogen and oxygen atoms in total. The van der Waals surface area contributed by atoms with Gasteiger partial charge in [0, 0.05) is 12.3 Å². The maximum Gasteiger partial charge on any atom is 0.136 e. The van der Waals surface area contributed by atoms with Crippen molar-refractivity contribution in [1.29, 1.82) is 0 Å². The highest BCUT2D eigenvalue weighted by Crippen LogP contribution is 2.52. The van der Waals surface area contributed by atoms with Crippen LogP contribution in [-0.2, 0) is 4.79 Å². The topological polar surface area (TPSA) is 17.1 Å². The zero-order valence-corrected chi connectivity index (χ0v) is 12.1. The second-order valence-corrected chi connectivity index (χ2v) is 6.54. The summed E-state index contributed by atoms with van der Waals surface area (Å²) in [6.07, 6.45) is 5.87. The van der Waals surface area contributed by atoms with Gasteiger partial charge in [-0.25, -0.2) is 0 Å². The van der Waals surface area contributed by atoms with Gasteiger partial charge in [-0.3, -0.25) is 4.79 Å². The average Bonchev–Trinajstić information content (AvgIpc) is 2.80. The SMILES string of the molecule is CCC(=O)[C@@H]1[C@H]2CC[C@H](C2)C[C@@H]1c1ccc(C)cc1. The van der Waals surface area contributed by atoms with E-state index in [9.17, 15) is 4.79 Å². The molecule has 0 amide bonds. The predicted octanol–water partition coefficient (Wildman–Crippen LogP) is 4.49. The second kappa shape index (κ2) is 5.11. The molecule has 0 heterocycles. The third kappa shape index (κ3) is 2.35. The van der Waals surface area contributed by atoms with Crippen LogP contribution >= 0.6 is 0 Å². The van der Waals surface area contributed by atoms with Crippen LogP contribution in [0.5, 0.6) is 0 Å². The van der Waals surface area contributed by atoms with Crippen LogP contribution in [0.25, 0.3) is 0 Å². The number of carbonyl (C=O) groups excluding carboxylic acids is 1. The van der Waals surface area contributed by atoms with Crippen molar-refractivity contribution in [3.63, 3.8) is 0 Å². The van der Waals surface area contributed by atoms with E-state index in [1.807, 2.05) is 6.92 Å². The highest BCUT2D eigenvalue weighted by Gasteiger charge is 2.44. The average molecular weight is 256 g/mol. The van der Waals surface area contributed by atoms with Gasteiger partial charge in [0.25, 0.3) is 0 Å². The zero-order chi connectivity index (χ0) is 13.4. The molecule has 0 aliphatic heterocycles. The van der Waals surface area contributed by atoms with Gasteiger partial charge in [0.1, 0.15) is 5.78 Å². The molecule has 102 valence electrons. The Morgan fingerprint density at radius 3 is 2.58 bits per heavy atom. The molecule has 0 N–H and O–H groups in total. The zero-order valence-electron chi connectivity index (χ0n) is 12.1. The number of benzene rings is 1. The summed E-state index contributed by atoms with van der Waals surface area (Å²) in [5.41, 5.74) is 2.70. The molecule has 3 rings (SSSR count). The molecule has 0 saturated heterocycles. The maximum absolute atomic E-state index is 12.4. The van der Waals surface area contributed by atoms with E-state index >= 15 is 0 Å².